The molecule has 6 nitrogen and oxygen atoms in total. The molecule has 1 aromatic heterocycles. The molecule has 0 bridgehead atoms. The minimum Gasteiger partial charge on any atom is -0.392 e. The van der Waals surface area contributed by atoms with E-state index < -0.39 is 15.8 Å². The molecule has 2 aromatic carbocycles. The minimum atomic E-state index is -4.04. The van der Waals surface area contributed by atoms with Crippen LogP contribution in [0.1, 0.15) is 11.1 Å². The van der Waals surface area contributed by atoms with Gasteiger partial charge in [0.05, 0.1) is 12.3 Å². The monoisotopic (exact) mass is 356 g/mol. The highest BCUT2D eigenvalue weighted by Crippen LogP contribution is 2.33. The standard InChI is InChI=1S/C18H16N2O4S/c21-12-14-5-3-7-17-15(14)9-11-19(17)25(23,24)20-10-8-13-4-1-2-6-16(13)18(20)22/h1-8,10,21H,9,11-12H2. The van der Waals surface area contributed by atoms with E-state index >= 15 is 0 Å². The predicted molar refractivity (Wildman–Crippen MR) is 95.9 cm³/mol. The van der Waals surface area contributed by atoms with Gasteiger partial charge in [-0.25, -0.2) is 0 Å². The van der Waals surface area contributed by atoms with E-state index in [4.69, 9.17) is 0 Å². The third-order valence-corrected chi connectivity index (χ3v) is 6.28. The number of nitrogens with zero attached hydrogens (tertiary/aromatic N) is 2. The molecule has 7 heteroatoms. The van der Waals surface area contributed by atoms with Crippen LogP contribution in [0.25, 0.3) is 10.8 Å². The largest absolute Gasteiger partial charge is 0.392 e. The summed E-state index contributed by atoms with van der Waals surface area (Å²) in [5.74, 6) is 0. The first-order valence-corrected chi connectivity index (χ1v) is 9.29. The molecule has 0 saturated heterocycles. The van der Waals surface area contributed by atoms with Gasteiger partial charge in [-0.15, -0.1) is 0 Å². The van der Waals surface area contributed by atoms with Crippen molar-refractivity contribution in [1.82, 2.24) is 3.97 Å². The SMILES string of the molecule is O=c1c2ccccc2ccn1S(=O)(=O)N1CCc2c(CO)cccc21. The smallest absolute Gasteiger partial charge is 0.332 e. The second kappa shape index (κ2) is 5.72. The summed E-state index contributed by atoms with van der Waals surface area (Å²) in [5.41, 5.74) is 1.47. The number of aliphatic hydroxyl groups excluding tert-OH is 1. The van der Waals surface area contributed by atoms with Gasteiger partial charge in [0.15, 0.2) is 0 Å². The summed E-state index contributed by atoms with van der Waals surface area (Å²) in [6.45, 7) is 0.0981. The molecule has 0 saturated carbocycles. The summed E-state index contributed by atoms with van der Waals surface area (Å²) in [5, 5.41) is 10.5. The Morgan fingerprint density at radius 1 is 1.04 bits per heavy atom. The van der Waals surface area contributed by atoms with Crippen molar-refractivity contribution in [3.63, 3.8) is 0 Å². The fourth-order valence-corrected chi connectivity index (χ4v) is 4.80. The number of fused-ring (bicyclic) bond motifs is 2. The van der Waals surface area contributed by atoms with Gasteiger partial charge in [0.2, 0.25) is 0 Å². The number of pyridine rings is 1. The molecule has 2 heterocycles. The molecule has 4 rings (SSSR count). The van der Waals surface area contributed by atoms with Crippen molar-refractivity contribution >= 4 is 26.7 Å². The van der Waals surface area contributed by atoms with Crippen LogP contribution < -0.4 is 9.86 Å². The number of aromatic nitrogens is 1. The van der Waals surface area contributed by atoms with Crippen molar-refractivity contribution in [2.24, 2.45) is 0 Å². The van der Waals surface area contributed by atoms with E-state index in [9.17, 15) is 18.3 Å². The highest BCUT2D eigenvalue weighted by atomic mass is 32.2. The molecule has 1 aliphatic rings. The highest BCUT2D eigenvalue weighted by Gasteiger charge is 2.32. The van der Waals surface area contributed by atoms with Gasteiger partial charge in [0.25, 0.3) is 5.56 Å². The van der Waals surface area contributed by atoms with Gasteiger partial charge in [-0.2, -0.15) is 12.4 Å². The van der Waals surface area contributed by atoms with Gasteiger partial charge in [-0.3, -0.25) is 9.10 Å². The summed E-state index contributed by atoms with van der Waals surface area (Å²) in [6, 6.07) is 13.7. The quantitative estimate of drug-likeness (QED) is 0.774. The third kappa shape index (κ3) is 2.35. The maximum Gasteiger partial charge on any atom is 0.332 e. The maximum atomic E-state index is 13.1. The second-order valence-electron chi connectivity index (χ2n) is 5.91. The van der Waals surface area contributed by atoms with E-state index in [1.807, 2.05) is 0 Å². The fourth-order valence-electron chi connectivity index (χ4n) is 3.32. The summed E-state index contributed by atoms with van der Waals surface area (Å²) in [6.07, 6.45) is 1.81. The molecule has 0 fully saturated rings. The first kappa shape index (κ1) is 15.9. The van der Waals surface area contributed by atoms with Crippen LogP contribution in [-0.2, 0) is 23.2 Å². The van der Waals surface area contributed by atoms with Crippen molar-refractivity contribution in [2.45, 2.75) is 13.0 Å². The Hall–Kier alpha value is -2.64. The molecule has 0 atom stereocenters. The number of benzene rings is 2. The average molecular weight is 356 g/mol. The van der Waals surface area contributed by atoms with Crippen LogP contribution in [-0.4, -0.2) is 24.0 Å². The maximum absolute atomic E-state index is 13.1. The number of rotatable bonds is 3. The molecular weight excluding hydrogens is 340 g/mol. The van der Waals surface area contributed by atoms with E-state index in [-0.39, 0.29) is 13.2 Å². The summed E-state index contributed by atoms with van der Waals surface area (Å²) in [7, 11) is -4.04. The predicted octanol–water partition coefficient (Wildman–Crippen LogP) is 1.65. The van der Waals surface area contributed by atoms with E-state index in [0.29, 0.717) is 28.4 Å². The lowest BCUT2D eigenvalue weighted by Crippen LogP contribution is -2.39. The van der Waals surface area contributed by atoms with Gasteiger partial charge >= 0.3 is 10.2 Å². The molecule has 0 aliphatic carbocycles. The van der Waals surface area contributed by atoms with Gasteiger partial charge in [0.1, 0.15) is 0 Å². The lowest BCUT2D eigenvalue weighted by Gasteiger charge is -2.21. The van der Waals surface area contributed by atoms with Crippen molar-refractivity contribution in [3.8, 4) is 0 Å². The van der Waals surface area contributed by atoms with Crippen molar-refractivity contribution in [2.75, 3.05) is 10.8 Å². The average Bonchev–Trinajstić information content (AvgIpc) is 3.07. The molecule has 1 aliphatic heterocycles. The Bertz CT molecular complexity index is 1140. The first-order valence-electron chi connectivity index (χ1n) is 7.89. The van der Waals surface area contributed by atoms with Crippen LogP contribution in [0.4, 0.5) is 5.69 Å². The molecule has 0 spiro atoms. The lowest BCUT2D eigenvalue weighted by molar-refractivity contribution is 0.281. The Kier molecular flexibility index (Phi) is 3.63. The van der Waals surface area contributed by atoms with Crippen LogP contribution in [0.15, 0.2) is 59.5 Å². The highest BCUT2D eigenvalue weighted by molar-refractivity contribution is 7.91. The van der Waals surface area contributed by atoms with Crippen LogP contribution in [0.3, 0.4) is 0 Å². The molecule has 0 unspecified atom stereocenters. The normalized spacial score (nSPS) is 14.0. The van der Waals surface area contributed by atoms with Gasteiger partial charge in [0, 0.05) is 18.1 Å². The molecule has 1 N–H and O–H groups in total. The van der Waals surface area contributed by atoms with Gasteiger partial charge < -0.3 is 5.11 Å². The summed E-state index contributed by atoms with van der Waals surface area (Å²) in [4.78, 5) is 12.7. The van der Waals surface area contributed by atoms with E-state index in [1.54, 1.807) is 48.5 Å². The van der Waals surface area contributed by atoms with E-state index in [2.05, 4.69) is 0 Å². The zero-order chi connectivity index (χ0) is 17.6. The fraction of sp³-hybridized carbons (Fsp3) is 0.167. The molecule has 0 radical (unpaired) electrons. The Morgan fingerprint density at radius 2 is 1.84 bits per heavy atom. The number of anilines is 1. The van der Waals surface area contributed by atoms with Crippen LogP contribution >= 0.6 is 0 Å². The summed E-state index contributed by atoms with van der Waals surface area (Å²) >= 11 is 0. The molecule has 128 valence electrons. The number of hydrogen-bond acceptors (Lipinski definition) is 4. The van der Waals surface area contributed by atoms with Gasteiger partial charge in [-0.1, -0.05) is 30.3 Å². The zero-order valence-electron chi connectivity index (χ0n) is 13.3. The molecule has 0 amide bonds. The second-order valence-corrected chi connectivity index (χ2v) is 7.64. The molecule has 3 aromatic rings. The van der Waals surface area contributed by atoms with E-state index in [0.717, 1.165) is 9.54 Å². The lowest BCUT2D eigenvalue weighted by atomic mass is 10.1. The van der Waals surface area contributed by atoms with Crippen LogP contribution in [0.5, 0.6) is 0 Å². The Balaban J connectivity index is 1.88. The first-order chi connectivity index (χ1) is 12.0. The molecule has 25 heavy (non-hydrogen) atoms. The van der Waals surface area contributed by atoms with Crippen LogP contribution in [0, 0.1) is 0 Å². The topological polar surface area (TPSA) is 79.6 Å². The molecular formula is C18H16N2O4S. The Labute approximate surface area is 144 Å². The van der Waals surface area contributed by atoms with Crippen LogP contribution in [0.2, 0.25) is 0 Å². The third-order valence-electron chi connectivity index (χ3n) is 4.56. The van der Waals surface area contributed by atoms with Crippen molar-refractivity contribution in [1.29, 1.82) is 0 Å². The summed E-state index contributed by atoms with van der Waals surface area (Å²) < 4.78 is 28.2. The van der Waals surface area contributed by atoms with Crippen molar-refractivity contribution in [3.05, 3.63) is 76.2 Å². The van der Waals surface area contributed by atoms with E-state index in [1.165, 1.54) is 10.5 Å². The van der Waals surface area contributed by atoms with Crippen molar-refractivity contribution < 1.29 is 13.5 Å². The Morgan fingerprint density at radius 3 is 2.64 bits per heavy atom. The minimum absolute atomic E-state index is 0.146. The zero-order valence-corrected chi connectivity index (χ0v) is 14.1. The number of aliphatic hydroxyl groups is 1. The van der Waals surface area contributed by atoms with Gasteiger partial charge in [-0.05, 0) is 41.1 Å². The number of hydrogen-bond donors (Lipinski definition) is 1.